The number of carboxylic acids is 1. The lowest BCUT2D eigenvalue weighted by Crippen LogP contribution is -2.49. The summed E-state index contributed by atoms with van der Waals surface area (Å²) in [6.45, 7) is 5.72. The molecule has 31 heavy (non-hydrogen) atoms. The zero-order valence-electron chi connectivity index (χ0n) is 18.9. The topological polar surface area (TPSA) is 76.1 Å². The average molecular weight is 430 g/mol. The number of rotatable bonds is 7. The minimum absolute atomic E-state index is 0.193. The molecule has 170 valence electrons. The van der Waals surface area contributed by atoms with E-state index in [0.29, 0.717) is 17.9 Å². The van der Waals surface area contributed by atoms with Crippen molar-refractivity contribution >= 4 is 12.1 Å². The zero-order valence-corrected chi connectivity index (χ0v) is 18.9. The van der Waals surface area contributed by atoms with Gasteiger partial charge in [-0.2, -0.15) is 0 Å². The molecule has 0 aromatic heterocycles. The number of hydrogen-bond donors (Lipinski definition) is 1. The van der Waals surface area contributed by atoms with Gasteiger partial charge in [-0.1, -0.05) is 69.4 Å². The molecule has 1 aliphatic heterocycles. The molecule has 0 bridgehead atoms. The summed E-state index contributed by atoms with van der Waals surface area (Å²) >= 11 is 0. The molecule has 6 heteroatoms. The number of nitrogens with zero attached hydrogens (tertiary/aromatic N) is 1. The minimum Gasteiger partial charge on any atom is -0.478 e. The molecule has 2 fully saturated rings. The Balaban J connectivity index is 1.83. The lowest BCUT2D eigenvalue weighted by atomic mass is 9.83. The molecule has 0 spiro atoms. The number of hydrogen-bond acceptors (Lipinski definition) is 4. The van der Waals surface area contributed by atoms with Crippen LogP contribution in [0.5, 0.6) is 0 Å². The van der Waals surface area contributed by atoms with Gasteiger partial charge in [-0.3, -0.25) is 4.90 Å². The Labute approximate surface area is 185 Å². The van der Waals surface area contributed by atoms with Gasteiger partial charge in [0.25, 0.3) is 0 Å². The van der Waals surface area contributed by atoms with E-state index in [-0.39, 0.29) is 12.6 Å². The largest absolute Gasteiger partial charge is 0.478 e. The number of amides is 1. The van der Waals surface area contributed by atoms with Crippen LogP contribution in [0.3, 0.4) is 0 Å². The van der Waals surface area contributed by atoms with Gasteiger partial charge in [0.15, 0.2) is 0 Å². The van der Waals surface area contributed by atoms with E-state index in [1.807, 2.05) is 51.1 Å². The van der Waals surface area contributed by atoms with E-state index in [4.69, 9.17) is 9.47 Å². The van der Waals surface area contributed by atoms with E-state index >= 15 is 0 Å². The van der Waals surface area contributed by atoms with E-state index in [2.05, 4.69) is 0 Å². The maximum Gasteiger partial charge on any atom is 0.412 e. The van der Waals surface area contributed by atoms with Crippen LogP contribution in [0.2, 0.25) is 0 Å². The standard InChI is InChI=1S/C25H35NO5/c1-4-20(23(27)28)16-22-21(15-18-11-7-5-8-12-18)26(25(2,3)31-22)24(29)30-17-19-13-9-6-10-14-19/h6,9-10,13-14,16,18,21-22H,4-5,7-8,11-12,15,17H2,1-3H3,(H,27,28)/t21-,22+/m0/s1. The second kappa shape index (κ2) is 10.3. The molecular weight excluding hydrogens is 394 g/mol. The van der Waals surface area contributed by atoms with Crippen LogP contribution >= 0.6 is 0 Å². The minimum atomic E-state index is -0.939. The fraction of sp³-hybridized carbons (Fsp3) is 0.600. The van der Waals surface area contributed by atoms with E-state index in [0.717, 1.165) is 24.8 Å². The predicted octanol–water partition coefficient (Wildman–Crippen LogP) is 5.52. The van der Waals surface area contributed by atoms with Crippen molar-refractivity contribution in [2.45, 2.75) is 90.2 Å². The monoisotopic (exact) mass is 429 g/mol. The molecule has 1 saturated heterocycles. The number of aliphatic carboxylic acids is 1. The van der Waals surface area contributed by atoms with Crippen LogP contribution < -0.4 is 0 Å². The van der Waals surface area contributed by atoms with Crippen LogP contribution in [0.1, 0.15) is 71.3 Å². The van der Waals surface area contributed by atoms with Crippen LogP contribution in [0, 0.1) is 5.92 Å². The third kappa shape index (κ3) is 5.88. The first kappa shape index (κ1) is 23.3. The summed E-state index contributed by atoms with van der Waals surface area (Å²) in [7, 11) is 0. The Morgan fingerprint density at radius 2 is 1.87 bits per heavy atom. The number of carbonyl (C=O) groups is 2. The van der Waals surface area contributed by atoms with Crippen LogP contribution in [0.25, 0.3) is 0 Å². The van der Waals surface area contributed by atoms with E-state index in [1.54, 1.807) is 11.0 Å². The van der Waals surface area contributed by atoms with Gasteiger partial charge in [0.1, 0.15) is 12.3 Å². The first-order chi connectivity index (χ1) is 14.8. The summed E-state index contributed by atoms with van der Waals surface area (Å²) < 4.78 is 11.9. The third-order valence-corrected chi connectivity index (χ3v) is 6.44. The highest BCUT2D eigenvalue weighted by Gasteiger charge is 2.50. The first-order valence-electron chi connectivity index (χ1n) is 11.4. The molecule has 1 amide bonds. The van der Waals surface area contributed by atoms with Crippen LogP contribution in [0.4, 0.5) is 4.79 Å². The summed E-state index contributed by atoms with van der Waals surface area (Å²) in [4.78, 5) is 26.5. The number of ether oxygens (including phenoxy) is 2. The number of carbonyl (C=O) groups excluding carboxylic acids is 1. The first-order valence-corrected chi connectivity index (χ1v) is 11.4. The van der Waals surface area contributed by atoms with Crippen LogP contribution in [-0.2, 0) is 20.9 Å². The Hall–Kier alpha value is -2.34. The molecule has 1 aromatic rings. The van der Waals surface area contributed by atoms with Crippen molar-refractivity contribution in [2.75, 3.05) is 0 Å². The lowest BCUT2D eigenvalue weighted by molar-refractivity contribution is -0.133. The van der Waals surface area contributed by atoms with Gasteiger partial charge >= 0.3 is 12.1 Å². The number of carboxylic acid groups (broad SMARTS) is 1. The second-order valence-corrected chi connectivity index (χ2v) is 9.10. The molecule has 1 N–H and O–H groups in total. The molecule has 6 nitrogen and oxygen atoms in total. The summed E-state index contributed by atoms with van der Waals surface area (Å²) in [6.07, 6.45) is 7.96. The van der Waals surface area contributed by atoms with E-state index < -0.39 is 23.9 Å². The Bertz CT molecular complexity index is 782. The van der Waals surface area contributed by atoms with Crippen molar-refractivity contribution in [3.63, 3.8) is 0 Å². The molecule has 1 aromatic carbocycles. The smallest absolute Gasteiger partial charge is 0.412 e. The van der Waals surface area contributed by atoms with Gasteiger partial charge in [-0.25, -0.2) is 9.59 Å². The molecule has 1 aliphatic carbocycles. The van der Waals surface area contributed by atoms with Gasteiger partial charge in [0, 0.05) is 5.57 Å². The molecule has 2 atom stereocenters. The Morgan fingerprint density at radius 1 is 1.19 bits per heavy atom. The van der Waals surface area contributed by atoms with E-state index in [9.17, 15) is 14.7 Å². The fourth-order valence-electron chi connectivity index (χ4n) is 4.85. The number of benzene rings is 1. The third-order valence-electron chi connectivity index (χ3n) is 6.44. The van der Waals surface area contributed by atoms with Crippen LogP contribution in [0.15, 0.2) is 42.0 Å². The molecule has 0 radical (unpaired) electrons. The highest BCUT2D eigenvalue weighted by molar-refractivity contribution is 5.86. The lowest BCUT2D eigenvalue weighted by Gasteiger charge is -2.35. The Morgan fingerprint density at radius 3 is 2.48 bits per heavy atom. The highest BCUT2D eigenvalue weighted by atomic mass is 16.6. The van der Waals surface area contributed by atoms with Crippen molar-refractivity contribution in [3.8, 4) is 0 Å². The van der Waals surface area contributed by atoms with Crippen molar-refractivity contribution in [1.29, 1.82) is 0 Å². The SMILES string of the molecule is CCC(=C[C@H]1OC(C)(C)N(C(=O)OCc2ccccc2)[C@H]1CC1CCCCC1)C(=O)O. The van der Waals surface area contributed by atoms with Gasteiger partial charge in [0.2, 0.25) is 0 Å². The van der Waals surface area contributed by atoms with Crippen molar-refractivity contribution in [3.05, 3.63) is 47.5 Å². The van der Waals surface area contributed by atoms with E-state index in [1.165, 1.54) is 19.3 Å². The van der Waals surface area contributed by atoms with Gasteiger partial charge in [0.05, 0.1) is 12.1 Å². The summed E-state index contributed by atoms with van der Waals surface area (Å²) in [5.41, 5.74) is 0.355. The maximum absolute atomic E-state index is 13.2. The summed E-state index contributed by atoms with van der Waals surface area (Å²) in [5.74, 6) is -0.433. The van der Waals surface area contributed by atoms with Gasteiger partial charge in [-0.05, 0) is 44.2 Å². The van der Waals surface area contributed by atoms with Gasteiger partial charge in [-0.15, -0.1) is 0 Å². The predicted molar refractivity (Wildman–Crippen MR) is 118 cm³/mol. The van der Waals surface area contributed by atoms with Crippen molar-refractivity contribution < 1.29 is 24.2 Å². The zero-order chi connectivity index (χ0) is 22.4. The van der Waals surface area contributed by atoms with Gasteiger partial charge < -0.3 is 14.6 Å². The molecular formula is C25H35NO5. The normalized spacial score (nSPS) is 24.2. The quantitative estimate of drug-likeness (QED) is 0.578. The van der Waals surface area contributed by atoms with Crippen LogP contribution in [-0.4, -0.2) is 39.9 Å². The molecule has 2 aliphatic rings. The Kier molecular flexibility index (Phi) is 7.76. The average Bonchev–Trinajstić information content (AvgIpc) is 3.00. The summed E-state index contributed by atoms with van der Waals surface area (Å²) in [5, 5.41) is 9.53. The molecule has 1 saturated carbocycles. The highest BCUT2D eigenvalue weighted by Crippen LogP contribution is 2.39. The summed E-state index contributed by atoms with van der Waals surface area (Å²) in [6, 6.07) is 9.35. The second-order valence-electron chi connectivity index (χ2n) is 9.10. The molecule has 3 rings (SSSR count). The fourth-order valence-corrected chi connectivity index (χ4v) is 4.85. The molecule has 0 unspecified atom stereocenters. The maximum atomic E-state index is 13.2. The van der Waals surface area contributed by atoms with Crippen molar-refractivity contribution in [2.24, 2.45) is 5.92 Å². The van der Waals surface area contributed by atoms with Crippen molar-refractivity contribution in [1.82, 2.24) is 4.90 Å². The molecule has 1 heterocycles.